The van der Waals surface area contributed by atoms with E-state index >= 15 is 0 Å². The second-order valence-electron chi connectivity index (χ2n) is 6.57. The molecule has 0 saturated heterocycles. The first-order chi connectivity index (χ1) is 15.6. The SMILES string of the molecule is COc1ccc(C(=O)C(=O)c2ccc(C(=O)C(=O)c3c(F)c(F)c(F)c(F)c3F)cc2)cc1. The molecule has 5 nitrogen and oxygen atoms in total. The van der Waals surface area contributed by atoms with E-state index in [4.69, 9.17) is 4.74 Å². The lowest BCUT2D eigenvalue weighted by Crippen LogP contribution is -2.21. The predicted molar refractivity (Wildman–Crippen MR) is 103 cm³/mol. The second-order valence-corrected chi connectivity index (χ2v) is 6.57. The van der Waals surface area contributed by atoms with Crippen LogP contribution in [0.3, 0.4) is 0 Å². The van der Waals surface area contributed by atoms with Gasteiger partial charge in [0.15, 0.2) is 23.3 Å². The molecule has 0 unspecified atom stereocenters. The van der Waals surface area contributed by atoms with Crippen LogP contribution in [0, 0.1) is 29.1 Å². The number of rotatable bonds is 7. The van der Waals surface area contributed by atoms with Crippen LogP contribution in [0.1, 0.15) is 41.4 Å². The lowest BCUT2D eigenvalue weighted by molar-refractivity contribution is 0.0809. The summed E-state index contributed by atoms with van der Waals surface area (Å²) in [4.78, 5) is 49.1. The van der Waals surface area contributed by atoms with Crippen molar-refractivity contribution in [3.05, 3.63) is 99.9 Å². The third-order valence-corrected chi connectivity index (χ3v) is 4.61. The van der Waals surface area contributed by atoms with Crippen LogP contribution in [0.4, 0.5) is 22.0 Å². The van der Waals surface area contributed by atoms with Crippen molar-refractivity contribution in [1.82, 2.24) is 0 Å². The molecule has 3 aromatic rings. The summed E-state index contributed by atoms with van der Waals surface area (Å²) in [7, 11) is 1.42. The molecule has 0 aromatic heterocycles. The van der Waals surface area contributed by atoms with Gasteiger partial charge in [0.05, 0.1) is 7.11 Å². The Morgan fingerprint density at radius 3 is 1.18 bits per heavy atom. The molecule has 0 aliphatic rings. The van der Waals surface area contributed by atoms with Gasteiger partial charge < -0.3 is 4.74 Å². The number of hydrogen-bond acceptors (Lipinski definition) is 5. The van der Waals surface area contributed by atoms with Crippen LogP contribution in [0.15, 0.2) is 48.5 Å². The first kappa shape index (κ1) is 23.5. The van der Waals surface area contributed by atoms with Gasteiger partial charge in [0.2, 0.25) is 29.0 Å². The maximum absolute atomic E-state index is 13.8. The lowest BCUT2D eigenvalue weighted by Gasteiger charge is -2.07. The molecule has 10 heteroatoms. The van der Waals surface area contributed by atoms with Crippen molar-refractivity contribution in [3.8, 4) is 5.75 Å². The van der Waals surface area contributed by atoms with E-state index in [0.29, 0.717) is 5.75 Å². The van der Waals surface area contributed by atoms with Gasteiger partial charge in [-0.05, 0) is 24.3 Å². The van der Waals surface area contributed by atoms with Crippen molar-refractivity contribution in [2.24, 2.45) is 0 Å². The summed E-state index contributed by atoms with van der Waals surface area (Å²) < 4.78 is 72.4. The molecule has 0 saturated carbocycles. The van der Waals surface area contributed by atoms with Gasteiger partial charge in [-0.3, -0.25) is 19.2 Å². The Bertz CT molecular complexity index is 1270. The molecule has 168 valence electrons. The lowest BCUT2D eigenvalue weighted by atomic mass is 9.97. The van der Waals surface area contributed by atoms with Gasteiger partial charge in [-0.25, -0.2) is 22.0 Å². The number of benzene rings is 3. The minimum Gasteiger partial charge on any atom is -0.497 e. The number of methoxy groups -OCH3 is 1. The number of carbonyl (C=O) groups excluding carboxylic acids is 4. The Balaban J connectivity index is 1.85. The highest BCUT2D eigenvalue weighted by molar-refractivity contribution is 6.50. The summed E-state index contributed by atoms with van der Waals surface area (Å²) in [6, 6.07) is 9.47. The number of ether oxygens (including phenoxy) is 1. The van der Waals surface area contributed by atoms with Crippen LogP contribution in [-0.4, -0.2) is 30.2 Å². The van der Waals surface area contributed by atoms with E-state index < -0.39 is 63.3 Å². The molecule has 0 amide bonds. The topological polar surface area (TPSA) is 77.5 Å². The zero-order valence-corrected chi connectivity index (χ0v) is 16.5. The molecule has 3 rings (SSSR count). The summed E-state index contributed by atoms with van der Waals surface area (Å²) in [6.45, 7) is 0. The summed E-state index contributed by atoms with van der Waals surface area (Å²) in [5, 5.41) is 0. The molecule has 0 N–H and O–H groups in total. The van der Waals surface area contributed by atoms with Gasteiger partial charge >= 0.3 is 0 Å². The fourth-order valence-corrected chi connectivity index (χ4v) is 2.83. The second kappa shape index (κ2) is 9.11. The molecule has 0 atom stereocenters. The van der Waals surface area contributed by atoms with Crippen molar-refractivity contribution >= 4 is 23.1 Å². The van der Waals surface area contributed by atoms with Crippen LogP contribution in [-0.2, 0) is 0 Å². The highest BCUT2D eigenvalue weighted by Gasteiger charge is 2.33. The normalized spacial score (nSPS) is 10.6. The third kappa shape index (κ3) is 4.27. The minimum atomic E-state index is -2.47. The monoisotopic (exact) mass is 462 g/mol. The Kier molecular flexibility index (Phi) is 6.47. The maximum atomic E-state index is 13.8. The number of carbonyl (C=O) groups is 4. The van der Waals surface area contributed by atoms with E-state index in [1.807, 2.05) is 0 Å². The quantitative estimate of drug-likeness (QED) is 0.170. The highest BCUT2D eigenvalue weighted by atomic mass is 19.2. The number of Topliss-reactive ketones (excluding diaryl/α,β-unsaturated/α-hetero) is 4. The maximum Gasteiger partial charge on any atom is 0.239 e. The van der Waals surface area contributed by atoms with E-state index in [2.05, 4.69) is 0 Å². The average molecular weight is 462 g/mol. The van der Waals surface area contributed by atoms with Crippen LogP contribution >= 0.6 is 0 Å². The summed E-state index contributed by atoms with van der Waals surface area (Å²) in [5.74, 6) is -17.0. The largest absolute Gasteiger partial charge is 0.497 e. The van der Waals surface area contributed by atoms with E-state index in [1.54, 1.807) is 0 Å². The Labute approximate surface area is 182 Å². The van der Waals surface area contributed by atoms with Crippen molar-refractivity contribution in [2.45, 2.75) is 0 Å². The van der Waals surface area contributed by atoms with Gasteiger partial charge in [0.1, 0.15) is 11.3 Å². The number of ketones is 4. The van der Waals surface area contributed by atoms with Gasteiger partial charge in [-0.1, -0.05) is 24.3 Å². The van der Waals surface area contributed by atoms with Gasteiger partial charge in [-0.15, -0.1) is 0 Å². The fourth-order valence-electron chi connectivity index (χ4n) is 2.83. The zero-order chi connectivity index (χ0) is 24.4. The standard InChI is InChI=1S/C23H11F5O5/c1-33-13-8-6-12(7-9-13)21(30)20(29)10-2-4-11(5-3-10)22(31)23(32)14-15(24)17(26)19(28)18(27)16(14)25/h2-9H,1H3. The molecule has 0 fully saturated rings. The molecule has 3 aromatic carbocycles. The van der Waals surface area contributed by atoms with Crippen LogP contribution < -0.4 is 4.74 Å². The first-order valence-corrected chi connectivity index (χ1v) is 9.02. The number of halogens is 5. The van der Waals surface area contributed by atoms with E-state index in [-0.39, 0.29) is 11.1 Å². The van der Waals surface area contributed by atoms with Crippen molar-refractivity contribution < 1.29 is 45.9 Å². The molecule has 0 spiro atoms. The van der Waals surface area contributed by atoms with Gasteiger partial charge in [0, 0.05) is 16.7 Å². The van der Waals surface area contributed by atoms with E-state index in [0.717, 1.165) is 24.3 Å². The van der Waals surface area contributed by atoms with Crippen LogP contribution in [0.2, 0.25) is 0 Å². The smallest absolute Gasteiger partial charge is 0.239 e. The summed E-state index contributed by atoms with van der Waals surface area (Å²) in [5.41, 5.74) is -2.51. The molecule has 33 heavy (non-hydrogen) atoms. The van der Waals surface area contributed by atoms with E-state index in [9.17, 15) is 41.1 Å². The Morgan fingerprint density at radius 1 is 0.515 bits per heavy atom. The summed E-state index contributed by atoms with van der Waals surface area (Å²) in [6.07, 6.45) is 0. The molecule has 0 aliphatic heterocycles. The molecule has 0 aliphatic carbocycles. The molecule has 0 bridgehead atoms. The summed E-state index contributed by atoms with van der Waals surface area (Å²) >= 11 is 0. The van der Waals surface area contributed by atoms with Crippen LogP contribution in [0.5, 0.6) is 5.75 Å². The molecule has 0 heterocycles. The van der Waals surface area contributed by atoms with Gasteiger partial charge in [0.25, 0.3) is 0 Å². The third-order valence-electron chi connectivity index (χ3n) is 4.61. The Morgan fingerprint density at radius 2 is 0.818 bits per heavy atom. The zero-order valence-electron chi connectivity index (χ0n) is 16.5. The molecular weight excluding hydrogens is 451 g/mol. The fraction of sp³-hybridized carbons (Fsp3) is 0.0435. The number of hydrogen-bond donors (Lipinski definition) is 0. The van der Waals surface area contributed by atoms with E-state index in [1.165, 1.54) is 31.4 Å². The van der Waals surface area contributed by atoms with Gasteiger partial charge in [-0.2, -0.15) is 0 Å². The predicted octanol–water partition coefficient (Wildman–Crippen LogP) is 4.52. The Hall–Kier alpha value is -4.21. The van der Waals surface area contributed by atoms with Crippen molar-refractivity contribution in [1.29, 1.82) is 0 Å². The average Bonchev–Trinajstić information content (AvgIpc) is 2.85. The minimum absolute atomic E-state index is 0.0578. The highest BCUT2D eigenvalue weighted by Crippen LogP contribution is 2.24. The first-order valence-electron chi connectivity index (χ1n) is 9.02. The molecule has 0 radical (unpaired) electrons. The van der Waals surface area contributed by atoms with Crippen molar-refractivity contribution in [2.75, 3.05) is 7.11 Å². The van der Waals surface area contributed by atoms with Crippen molar-refractivity contribution in [3.63, 3.8) is 0 Å². The molecular formula is C23H11F5O5. The van der Waals surface area contributed by atoms with Crippen LogP contribution in [0.25, 0.3) is 0 Å².